The highest BCUT2D eigenvalue weighted by Gasteiger charge is 2.43. The topological polar surface area (TPSA) is 119 Å². The first-order chi connectivity index (χ1) is 16.9. The SMILES string of the molecule is CCCc1nc2ccc(N3C(N)=C(C#N)C(c4ccccc4)C(C(=O)OC)=C3C(=O)OC)cc2s1. The molecule has 2 heterocycles. The minimum absolute atomic E-state index is 0.0210. The highest BCUT2D eigenvalue weighted by atomic mass is 32.1. The number of benzene rings is 2. The number of hydrogen-bond acceptors (Lipinski definition) is 9. The summed E-state index contributed by atoms with van der Waals surface area (Å²) in [5, 5.41) is 11.1. The van der Waals surface area contributed by atoms with Gasteiger partial charge in [-0.15, -0.1) is 11.3 Å². The van der Waals surface area contributed by atoms with Gasteiger partial charge in [-0.1, -0.05) is 37.3 Å². The minimum atomic E-state index is -0.901. The van der Waals surface area contributed by atoms with Crippen LogP contribution >= 0.6 is 11.3 Å². The van der Waals surface area contributed by atoms with Crippen molar-refractivity contribution in [3.8, 4) is 6.07 Å². The molecule has 1 aliphatic rings. The fraction of sp³-hybridized carbons (Fsp3) is 0.231. The van der Waals surface area contributed by atoms with E-state index < -0.39 is 17.9 Å². The van der Waals surface area contributed by atoms with E-state index in [0.29, 0.717) is 11.3 Å². The van der Waals surface area contributed by atoms with Crippen LogP contribution in [0.25, 0.3) is 10.2 Å². The van der Waals surface area contributed by atoms with Crippen LogP contribution in [0.3, 0.4) is 0 Å². The number of esters is 2. The summed E-state index contributed by atoms with van der Waals surface area (Å²) in [5.41, 5.74) is 8.51. The van der Waals surface area contributed by atoms with Crippen LogP contribution in [0.1, 0.15) is 29.8 Å². The van der Waals surface area contributed by atoms with Crippen molar-refractivity contribution >= 4 is 39.2 Å². The molecule has 0 fully saturated rings. The molecule has 1 aromatic heterocycles. The van der Waals surface area contributed by atoms with E-state index in [2.05, 4.69) is 18.0 Å². The van der Waals surface area contributed by atoms with Crippen LogP contribution in [0.2, 0.25) is 0 Å². The van der Waals surface area contributed by atoms with Crippen molar-refractivity contribution in [3.05, 3.63) is 81.8 Å². The number of fused-ring (bicyclic) bond motifs is 1. The number of nitriles is 1. The molecule has 2 N–H and O–H groups in total. The molecular formula is C26H24N4O4S. The quantitative estimate of drug-likeness (QED) is 0.514. The third-order valence-electron chi connectivity index (χ3n) is 5.75. The number of anilines is 1. The molecular weight excluding hydrogens is 464 g/mol. The molecule has 0 radical (unpaired) electrons. The summed E-state index contributed by atoms with van der Waals surface area (Å²) in [6, 6.07) is 16.5. The van der Waals surface area contributed by atoms with E-state index in [1.807, 2.05) is 18.2 Å². The maximum Gasteiger partial charge on any atom is 0.355 e. The Hall–Kier alpha value is -4.16. The average Bonchev–Trinajstić information content (AvgIpc) is 3.29. The number of nitrogens with zero attached hydrogens (tertiary/aromatic N) is 3. The molecule has 0 saturated carbocycles. The predicted octanol–water partition coefficient (Wildman–Crippen LogP) is 4.15. The Bertz CT molecular complexity index is 1400. The van der Waals surface area contributed by atoms with Gasteiger partial charge in [0.2, 0.25) is 0 Å². The van der Waals surface area contributed by atoms with Gasteiger partial charge in [-0.3, -0.25) is 4.90 Å². The number of ether oxygens (including phenoxy) is 2. The van der Waals surface area contributed by atoms with E-state index in [9.17, 15) is 14.9 Å². The highest BCUT2D eigenvalue weighted by molar-refractivity contribution is 7.18. The lowest BCUT2D eigenvalue weighted by atomic mass is 9.81. The van der Waals surface area contributed by atoms with E-state index in [1.54, 1.807) is 41.7 Å². The maximum absolute atomic E-state index is 13.2. The van der Waals surface area contributed by atoms with Crippen molar-refractivity contribution in [1.29, 1.82) is 5.26 Å². The Morgan fingerprint density at radius 1 is 1.14 bits per heavy atom. The Morgan fingerprint density at radius 3 is 2.49 bits per heavy atom. The number of carbonyl (C=O) groups is 2. The van der Waals surface area contributed by atoms with Crippen molar-refractivity contribution in [2.45, 2.75) is 25.7 Å². The van der Waals surface area contributed by atoms with E-state index in [0.717, 1.165) is 28.1 Å². The molecule has 0 bridgehead atoms. The molecule has 35 heavy (non-hydrogen) atoms. The second-order valence-electron chi connectivity index (χ2n) is 7.84. The van der Waals surface area contributed by atoms with Crippen LogP contribution in [0.15, 0.2) is 71.2 Å². The molecule has 1 atom stereocenters. The molecule has 9 heteroatoms. The first kappa shape index (κ1) is 24.0. The molecule has 8 nitrogen and oxygen atoms in total. The molecule has 0 amide bonds. The smallest absolute Gasteiger partial charge is 0.355 e. The zero-order valence-electron chi connectivity index (χ0n) is 19.6. The van der Waals surface area contributed by atoms with Crippen molar-refractivity contribution in [3.63, 3.8) is 0 Å². The number of methoxy groups -OCH3 is 2. The van der Waals surface area contributed by atoms with Crippen LogP contribution in [0.5, 0.6) is 0 Å². The zero-order chi connectivity index (χ0) is 25.1. The van der Waals surface area contributed by atoms with Gasteiger partial charge in [0.1, 0.15) is 11.5 Å². The molecule has 0 aliphatic carbocycles. The van der Waals surface area contributed by atoms with Crippen molar-refractivity contribution in [1.82, 2.24) is 4.98 Å². The second-order valence-corrected chi connectivity index (χ2v) is 8.96. The van der Waals surface area contributed by atoms with Crippen LogP contribution in [0, 0.1) is 11.3 Å². The molecule has 3 aromatic rings. The van der Waals surface area contributed by atoms with Gasteiger partial charge in [0, 0.05) is 5.69 Å². The number of rotatable bonds is 6. The summed E-state index contributed by atoms with van der Waals surface area (Å²) in [6.45, 7) is 2.09. The van der Waals surface area contributed by atoms with Gasteiger partial charge in [-0.25, -0.2) is 14.6 Å². The molecule has 0 saturated heterocycles. The molecule has 178 valence electrons. The van der Waals surface area contributed by atoms with Gasteiger partial charge in [-0.05, 0) is 36.6 Å². The summed E-state index contributed by atoms with van der Waals surface area (Å²) in [4.78, 5) is 32.3. The van der Waals surface area contributed by atoms with E-state index >= 15 is 0 Å². The number of aryl methyl sites for hydroxylation is 1. The number of aromatic nitrogens is 1. The van der Waals surface area contributed by atoms with Gasteiger partial charge in [-0.2, -0.15) is 5.26 Å². The largest absolute Gasteiger partial charge is 0.466 e. The van der Waals surface area contributed by atoms with Crippen LogP contribution < -0.4 is 10.6 Å². The number of carbonyl (C=O) groups excluding carboxylic acids is 2. The number of thiazole rings is 1. The fourth-order valence-electron chi connectivity index (χ4n) is 4.20. The summed E-state index contributed by atoms with van der Waals surface area (Å²) in [7, 11) is 2.45. The average molecular weight is 489 g/mol. The predicted molar refractivity (Wildman–Crippen MR) is 133 cm³/mol. The van der Waals surface area contributed by atoms with Crippen molar-refractivity contribution in [2.75, 3.05) is 19.1 Å². The number of allylic oxidation sites excluding steroid dienone is 1. The summed E-state index contributed by atoms with van der Waals surface area (Å²) in [5.74, 6) is -2.40. The van der Waals surface area contributed by atoms with E-state index in [-0.39, 0.29) is 22.7 Å². The zero-order valence-corrected chi connectivity index (χ0v) is 20.4. The summed E-state index contributed by atoms with van der Waals surface area (Å²) < 4.78 is 11.0. The first-order valence-electron chi connectivity index (χ1n) is 11.0. The number of hydrogen-bond donors (Lipinski definition) is 1. The summed E-state index contributed by atoms with van der Waals surface area (Å²) in [6.07, 6.45) is 1.83. The van der Waals surface area contributed by atoms with Crippen LogP contribution in [-0.2, 0) is 25.5 Å². The lowest BCUT2D eigenvalue weighted by molar-refractivity contribution is -0.139. The lowest BCUT2D eigenvalue weighted by Gasteiger charge is -2.35. The minimum Gasteiger partial charge on any atom is -0.466 e. The van der Waals surface area contributed by atoms with Gasteiger partial charge < -0.3 is 15.2 Å². The molecule has 1 unspecified atom stereocenters. The second kappa shape index (κ2) is 9.99. The Morgan fingerprint density at radius 2 is 1.86 bits per heavy atom. The third-order valence-corrected chi connectivity index (χ3v) is 6.83. The highest BCUT2D eigenvalue weighted by Crippen LogP contribution is 2.43. The number of nitrogens with two attached hydrogens (primary N) is 1. The van der Waals surface area contributed by atoms with Gasteiger partial charge in [0.25, 0.3) is 0 Å². The van der Waals surface area contributed by atoms with Crippen molar-refractivity contribution < 1.29 is 19.1 Å². The Balaban J connectivity index is 2.01. The molecule has 1 aliphatic heterocycles. The van der Waals surface area contributed by atoms with Gasteiger partial charge in [0.05, 0.1) is 52.6 Å². The normalized spacial score (nSPS) is 15.8. The molecule has 4 rings (SSSR count). The lowest BCUT2D eigenvalue weighted by Crippen LogP contribution is -2.40. The molecule has 2 aromatic carbocycles. The van der Waals surface area contributed by atoms with E-state index in [1.165, 1.54) is 19.1 Å². The van der Waals surface area contributed by atoms with Crippen LogP contribution in [-0.4, -0.2) is 31.1 Å². The van der Waals surface area contributed by atoms with Gasteiger partial charge >= 0.3 is 11.9 Å². The standard InChI is InChI=1S/C26H24N4O4S/c1-4-8-20-29-18-12-11-16(13-19(18)35-20)30-23(26(32)34-3)22(25(31)33-2)21(17(14-27)24(30)28)15-9-6-5-7-10-15/h5-7,9-13,21H,4,8,28H2,1-3H3. The Labute approximate surface area is 206 Å². The Kier molecular flexibility index (Phi) is 6.85. The van der Waals surface area contributed by atoms with E-state index in [4.69, 9.17) is 15.2 Å². The maximum atomic E-state index is 13.2. The van der Waals surface area contributed by atoms with Gasteiger partial charge in [0.15, 0.2) is 0 Å². The first-order valence-corrected chi connectivity index (χ1v) is 11.8. The molecule has 0 spiro atoms. The fourth-order valence-corrected chi connectivity index (χ4v) is 5.30. The monoisotopic (exact) mass is 488 g/mol. The third kappa shape index (κ3) is 4.24. The summed E-state index contributed by atoms with van der Waals surface area (Å²) >= 11 is 1.55. The van der Waals surface area contributed by atoms with Crippen molar-refractivity contribution in [2.24, 2.45) is 5.73 Å². The van der Waals surface area contributed by atoms with Crippen LogP contribution in [0.4, 0.5) is 5.69 Å².